The first-order chi connectivity index (χ1) is 5.13. The molecular formula is C9H11FO. The van der Waals surface area contributed by atoms with E-state index in [1.54, 1.807) is 26.0 Å². The van der Waals surface area contributed by atoms with Crippen molar-refractivity contribution in [1.29, 1.82) is 0 Å². The van der Waals surface area contributed by atoms with Gasteiger partial charge in [0.2, 0.25) is 0 Å². The fraction of sp³-hybridized carbons (Fsp3) is 0.333. The third-order valence-electron chi connectivity index (χ3n) is 1.76. The van der Waals surface area contributed by atoms with Gasteiger partial charge in [-0.2, -0.15) is 0 Å². The zero-order valence-electron chi connectivity index (χ0n) is 6.63. The molecule has 0 unspecified atom stereocenters. The predicted octanol–water partition coefficient (Wildman–Crippen LogP) is 2.19. The summed E-state index contributed by atoms with van der Waals surface area (Å²) in [6.07, 6.45) is -0.592. The first-order valence-electron chi connectivity index (χ1n) is 3.56. The lowest BCUT2D eigenvalue weighted by Gasteiger charge is -2.08. The molecule has 0 aromatic heterocycles. The second-order valence-electron chi connectivity index (χ2n) is 2.63. The standard InChI is InChI=1S/C9H11FO/c1-6-8(7(2)11)4-3-5-9(6)10/h3-5,7,11H,1-2H3/t7-/m0/s1. The quantitative estimate of drug-likeness (QED) is 0.657. The smallest absolute Gasteiger partial charge is 0.126 e. The molecule has 1 rings (SSSR count). The normalized spacial score (nSPS) is 13.1. The van der Waals surface area contributed by atoms with Crippen molar-refractivity contribution in [3.8, 4) is 0 Å². The van der Waals surface area contributed by atoms with E-state index in [4.69, 9.17) is 5.11 Å². The summed E-state index contributed by atoms with van der Waals surface area (Å²) in [4.78, 5) is 0. The largest absolute Gasteiger partial charge is 0.389 e. The number of rotatable bonds is 1. The van der Waals surface area contributed by atoms with Crippen molar-refractivity contribution in [2.45, 2.75) is 20.0 Å². The molecule has 0 amide bonds. The van der Waals surface area contributed by atoms with Crippen molar-refractivity contribution < 1.29 is 9.50 Å². The average molecular weight is 154 g/mol. The average Bonchev–Trinajstić information content (AvgIpc) is 1.94. The lowest BCUT2D eigenvalue weighted by Crippen LogP contribution is -1.96. The van der Waals surface area contributed by atoms with Gasteiger partial charge < -0.3 is 5.11 Å². The molecule has 1 atom stereocenters. The third kappa shape index (κ3) is 1.57. The van der Waals surface area contributed by atoms with E-state index in [9.17, 15) is 4.39 Å². The van der Waals surface area contributed by atoms with Gasteiger partial charge in [-0.1, -0.05) is 12.1 Å². The molecule has 1 nitrogen and oxygen atoms in total. The summed E-state index contributed by atoms with van der Waals surface area (Å²) in [7, 11) is 0. The SMILES string of the molecule is Cc1c(F)cccc1[C@H](C)O. The van der Waals surface area contributed by atoms with E-state index in [0.29, 0.717) is 11.1 Å². The summed E-state index contributed by atoms with van der Waals surface area (Å²) in [5.74, 6) is -0.261. The molecule has 1 aromatic rings. The van der Waals surface area contributed by atoms with Crippen LogP contribution in [0.1, 0.15) is 24.2 Å². The Morgan fingerprint density at radius 1 is 1.45 bits per heavy atom. The molecule has 1 aromatic carbocycles. The maximum Gasteiger partial charge on any atom is 0.126 e. The van der Waals surface area contributed by atoms with E-state index in [1.165, 1.54) is 6.07 Å². The van der Waals surface area contributed by atoms with Crippen molar-refractivity contribution in [2.24, 2.45) is 0 Å². The van der Waals surface area contributed by atoms with Gasteiger partial charge in [0, 0.05) is 0 Å². The van der Waals surface area contributed by atoms with Crippen LogP contribution in [0.2, 0.25) is 0 Å². The highest BCUT2D eigenvalue weighted by atomic mass is 19.1. The Balaban J connectivity index is 3.17. The minimum absolute atomic E-state index is 0.261. The van der Waals surface area contributed by atoms with Crippen LogP contribution in [0.3, 0.4) is 0 Å². The molecule has 0 fully saturated rings. The molecule has 11 heavy (non-hydrogen) atoms. The number of aliphatic hydroxyl groups is 1. The lowest BCUT2D eigenvalue weighted by atomic mass is 10.0. The lowest BCUT2D eigenvalue weighted by molar-refractivity contribution is 0.198. The van der Waals surface area contributed by atoms with Crippen LogP contribution in [0, 0.1) is 12.7 Å². The highest BCUT2D eigenvalue weighted by Gasteiger charge is 2.06. The molecule has 1 N–H and O–H groups in total. The summed E-state index contributed by atoms with van der Waals surface area (Å²) in [6, 6.07) is 4.72. The minimum Gasteiger partial charge on any atom is -0.389 e. The molecule has 0 aliphatic rings. The molecule has 0 saturated carbocycles. The fourth-order valence-corrected chi connectivity index (χ4v) is 1.08. The first kappa shape index (κ1) is 8.21. The van der Waals surface area contributed by atoms with Gasteiger partial charge in [-0.05, 0) is 31.0 Å². The highest BCUT2D eigenvalue weighted by Crippen LogP contribution is 2.18. The van der Waals surface area contributed by atoms with Gasteiger partial charge in [-0.3, -0.25) is 0 Å². The van der Waals surface area contributed by atoms with Gasteiger partial charge in [-0.15, -0.1) is 0 Å². The number of hydrogen-bond donors (Lipinski definition) is 1. The summed E-state index contributed by atoms with van der Waals surface area (Å²) in [5, 5.41) is 9.16. The molecule has 0 aliphatic carbocycles. The van der Waals surface area contributed by atoms with Gasteiger partial charge in [0.1, 0.15) is 5.82 Å². The molecule has 0 radical (unpaired) electrons. The molecule has 2 heteroatoms. The van der Waals surface area contributed by atoms with Gasteiger partial charge in [0.25, 0.3) is 0 Å². The molecule has 0 saturated heterocycles. The monoisotopic (exact) mass is 154 g/mol. The zero-order chi connectivity index (χ0) is 8.43. The molecule has 0 heterocycles. The molecule has 60 valence electrons. The Morgan fingerprint density at radius 3 is 2.55 bits per heavy atom. The van der Waals surface area contributed by atoms with Crippen molar-refractivity contribution in [3.05, 3.63) is 35.1 Å². The van der Waals surface area contributed by atoms with Gasteiger partial charge in [-0.25, -0.2) is 4.39 Å². The molecule has 0 bridgehead atoms. The fourth-order valence-electron chi connectivity index (χ4n) is 1.08. The molecule has 0 spiro atoms. The van der Waals surface area contributed by atoms with Crippen molar-refractivity contribution >= 4 is 0 Å². The molecule has 0 aliphatic heterocycles. The highest BCUT2D eigenvalue weighted by molar-refractivity contribution is 5.28. The number of aliphatic hydroxyl groups excluding tert-OH is 1. The van der Waals surface area contributed by atoms with Crippen LogP contribution in [-0.2, 0) is 0 Å². The minimum atomic E-state index is -0.592. The molecular weight excluding hydrogens is 143 g/mol. The van der Waals surface area contributed by atoms with Crippen LogP contribution in [0.25, 0.3) is 0 Å². The van der Waals surface area contributed by atoms with Crippen LogP contribution in [0.15, 0.2) is 18.2 Å². The van der Waals surface area contributed by atoms with Crippen LogP contribution in [0.4, 0.5) is 4.39 Å². The second-order valence-corrected chi connectivity index (χ2v) is 2.63. The van der Waals surface area contributed by atoms with E-state index in [1.807, 2.05) is 0 Å². The Morgan fingerprint density at radius 2 is 2.09 bits per heavy atom. The van der Waals surface area contributed by atoms with Crippen LogP contribution < -0.4 is 0 Å². The van der Waals surface area contributed by atoms with Crippen molar-refractivity contribution in [1.82, 2.24) is 0 Å². The summed E-state index contributed by atoms with van der Waals surface area (Å²) >= 11 is 0. The van der Waals surface area contributed by atoms with Gasteiger partial charge in [0.15, 0.2) is 0 Å². The van der Waals surface area contributed by atoms with Crippen LogP contribution in [-0.4, -0.2) is 5.11 Å². The predicted molar refractivity (Wildman–Crippen MR) is 41.8 cm³/mol. The van der Waals surface area contributed by atoms with E-state index in [0.717, 1.165) is 0 Å². The number of halogens is 1. The van der Waals surface area contributed by atoms with Gasteiger partial charge >= 0.3 is 0 Å². The zero-order valence-corrected chi connectivity index (χ0v) is 6.63. The maximum absolute atomic E-state index is 12.8. The summed E-state index contributed by atoms with van der Waals surface area (Å²) in [6.45, 7) is 3.29. The summed E-state index contributed by atoms with van der Waals surface area (Å²) in [5.41, 5.74) is 1.19. The Hall–Kier alpha value is -0.890. The summed E-state index contributed by atoms with van der Waals surface area (Å²) < 4.78 is 12.8. The number of hydrogen-bond acceptors (Lipinski definition) is 1. The van der Waals surface area contributed by atoms with E-state index >= 15 is 0 Å². The Labute approximate surface area is 65.5 Å². The number of benzene rings is 1. The van der Waals surface area contributed by atoms with Gasteiger partial charge in [0.05, 0.1) is 6.10 Å². The van der Waals surface area contributed by atoms with E-state index in [-0.39, 0.29) is 5.82 Å². The Bertz CT molecular complexity index is 256. The topological polar surface area (TPSA) is 20.2 Å². The van der Waals surface area contributed by atoms with E-state index in [2.05, 4.69) is 0 Å². The second kappa shape index (κ2) is 3.01. The van der Waals surface area contributed by atoms with Crippen molar-refractivity contribution in [3.63, 3.8) is 0 Å². The maximum atomic E-state index is 12.8. The third-order valence-corrected chi connectivity index (χ3v) is 1.76. The van der Waals surface area contributed by atoms with Crippen LogP contribution in [0.5, 0.6) is 0 Å². The van der Waals surface area contributed by atoms with E-state index < -0.39 is 6.10 Å². The van der Waals surface area contributed by atoms with Crippen molar-refractivity contribution in [2.75, 3.05) is 0 Å². The Kier molecular flexibility index (Phi) is 2.25. The van der Waals surface area contributed by atoms with Crippen LogP contribution >= 0.6 is 0 Å². The first-order valence-corrected chi connectivity index (χ1v) is 3.56.